The minimum atomic E-state index is -0.464. The Morgan fingerprint density at radius 1 is 1.20 bits per heavy atom. The number of hydrogen-bond acceptors (Lipinski definition) is 3. The van der Waals surface area contributed by atoms with Gasteiger partial charge in [-0.25, -0.2) is 0 Å². The number of hydrogen-bond donors (Lipinski definition) is 2. The molecule has 1 aromatic carbocycles. The van der Waals surface area contributed by atoms with E-state index in [0.29, 0.717) is 30.5 Å². The number of nitrogens with one attached hydrogen (secondary N) is 2. The van der Waals surface area contributed by atoms with E-state index in [9.17, 15) is 14.4 Å². The maximum absolute atomic E-state index is 12.0. The smallest absolute Gasteiger partial charge is 0.246 e. The molecule has 2 aliphatic rings. The molecular formula is C15H16N2O3. The first-order valence-electron chi connectivity index (χ1n) is 6.90. The summed E-state index contributed by atoms with van der Waals surface area (Å²) in [4.78, 5) is 35.0. The molecule has 1 fully saturated rings. The predicted molar refractivity (Wildman–Crippen MR) is 73.5 cm³/mol. The van der Waals surface area contributed by atoms with Gasteiger partial charge in [-0.05, 0) is 37.0 Å². The second-order valence-electron chi connectivity index (χ2n) is 5.30. The standard InChI is InChI=1S/C15H16N2O3/c18-13-3-1-2-9-4-5-10(8-11(9)13)16-15(20)12-6-7-14(19)17-12/h4-5,8,12H,1-3,6-7H2,(H,16,20)(H,17,19)/t12-/m1/s1. The van der Waals surface area contributed by atoms with E-state index in [0.717, 1.165) is 18.4 Å². The van der Waals surface area contributed by atoms with Crippen molar-refractivity contribution in [1.29, 1.82) is 0 Å². The van der Waals surface area contributed by atoms with Crippen molar-refractivity contribution >= 4 is 23.3 Å². The zero-order chi connectivity index (χ0) is 14.1. The summed E-state index contributed by atoms with van der Waals surface area (Å²) in [6.07, 6.45) is 3.29. The average Bonchev–Trinajstić information content (AvgIpc) is 2.86. The first-order chi connectivity index (χ1) is 9.63. The number of ketones is 1. The number of anilines is 1. The SMILES string of the molecule is O=C1CC[C@H](C(=O)Nc2ccc3c(c2)C(=O)CCC3)N1. The van der Waals surface area contributed by atoms with Crippen molar-refractivity contribution in [3.63, 3.8) is 0 Å². The lowest BCUT2D eigenvalue weighted by Gasteiger charge is -2.17. The third-order valence-corrected chi connectivity index (χ3v) is 3.84. The molecule has 2 N–H and O–H groups in total. The lowest BCUT2D eigenvalue weighted by atomic mass is 9.90. The maximum Gasteiger partial charge on any atom is 0.246 e. The third-order valence-electron chi connectivity index (χ3n) is 3.84. The van der Waals surface area contributed by atoms with Crippen LogP contribution in [0.15, 0.2) is 18.2 Å². The molecule has 0 bridgehead atoms. The van der Waals surface area contributed by atoms with Crippen molar-refractivity contribution in [3.05, 3.63) is 29.3 Å². The van der Waals surface area contributed by atoms with Crippen LogP contribution in [0, 0.1) is 0 Å². The van der Waals surface area contributed by atoms with Crippen molar-refractivity contribution < 1.29 is 14.4 Å². The van der Waals surface area contributed by atoms with E-state index >= 15 is 0 Å². The van der Waals surface area contributed by atoms with Crippen LogP contribution >= 0.6 is 0 Å². The van der Waals surface area contributed by atoms with Gasteiger partial charge in [0.05, 0.1) is 0 Å². The number of benzene rings is 1. The summed E-state index contributed by atoms with van der Waals surface area (Å²) in [6, 6.07) is 4.99. The molecule has 0 saturated carbocycles. The molecule has 20 heavy (non-hydrogen) atoms. The summed E-state index contributed by atoms with van der Waals surface area (Å²) in [5, 5.41) is 5.40. The molecule has 1 saturated heterocycles. The Bertz CT molecular complexity index is 595. The van der Waals surface area contributed by atoms with E-state index < -0.39 is 6.04 Å². The summed E-state index contributed by atoms with van der Waals surface area (Å²) in [5.74, 6) is -0.179. The Balaban J connectivity index is 1.75. The van der Waals surface area contributed by atoms with Gasteiger partial charge < -0.3 is 10.6 Å². The molecule has 1 aromatic rings. The molecule has 104 valence electrons. The Hall–Kier alpha value is -2.17. The second-order valence-corrected chi connectivity index (χ2v) is 5.30. The van der Waals surface area contributed by atoms with Gasteiger partial charge in [-0.3, -0.25) is 14.4 Å². The summed E-state index contributed by atoms with van der Waals surface area (Å²) in [7, 11) is 0. The van der Waals surface area contributed by atoms with Crippen molar-refractivity contribution in [3.8, 4) is 0 Å². The molecule has 2 amide bonds. The zero-order valence-electron chi connectivity index (χ0n) is 11.1. The minimum absolute atomic E-state index is 0.0919. The van der Waals surface area contributed by atoms with Gasteiger partial charge >= 0.3 is 0 Å². The van der Waals surface area contributed by atoms with E-state index in [2.05, 4.69) is 10.6 Å². The van der Waals surface area contributed by atoms with Crippen molar-refractivity contribution in [2.75, 3.05) is 5.32 Å². The van der Waals surface area contributed by atoms with Crippen LogP contribution in [0.2, 0.25) is 0 Å². The fraction of sp³-hybridized carbons (Fsp3) is 0.400. The van der Waals surface area contributed by atoms with Gasteiger partial charge in [-0.15, -0.1) is 0 Å². The Morgan fingerprint density at radius 3 is 2.80 bits per heavy atom. The number of fused-ring (bicyclic) bond motifs is 1. The summed E-state index contributed by atoms with van der Waals surface area (Å²) in [5.41, 5.74) is 2.38. The number of carbonyl (C=O) groups is 3. The summed E-state index contributed by atoms with van der Waals surface area (Å²) in [6.45, 7) is 0. The van der Waals surface area contributed by atoms with Crippen LogP contribution in [0.1, 0.15) is 41.6 Å². The quantitative estimate of drug-likeness (QED) is 0.855. The van der Waals surface area contributed by atoms with Gasteiger partial charge in [0.2, 0.25) is 11.8 Å². The molecular weight excluding hydrogens is 256 g/mol. The molecule has 1 heterocycles. The van der Waals surface area contributed by atoms with Gasteiger partial charge in [-0.1, -0.05) is 6.07 Å². The molecule has 1 aliphatic heterocycles. The van der Waals surface area contributed by atoms with E-state index in [1.54, 1.807) is 6.07 Å². The summed E-state index contributed by atoms with van der Waals surface area (Å²) >= 11 is 0. The molecule has 0 unspecified atom stereocenters. The molecule has 0 aromatic heterocycles. The molecule has 5 nitrogen and oxygen atoms in total. The van der Waals surface area contributed by atoms with E-state index in [1.807, 2.05) is 12.1 Å². The minimum Gasteiger partial charge on any atom is -0.344 e. The average molecular weight is 272 g/mol. The van der Waals surface area contributed by atoms with Crippen LogP contribution in [0.5, 0.6) is 0 Å². The number of rotatable bonds is 2. The monoisotopic (exact) mass is 272 g/mol. The normalized spacial score (nSPS) is 21.3. The zero-order valence-corrected chi connectivity index (χ0v) is 11.1. The topological polar surface area (TPSA) is 75.3 Å². The van der Waals surface area contributed by atoms with Crippen LogP contribution in [-0.2, 0) is 16.0 Å². The van der Waals surface area contributed by atoms with Crippen LogP contribution in [0.4, 0.5) is 5.69 Å². The van der Waals surface area contributed by atoms with Crippen LogP contribution in [0.3, 0.4) is 0 Å². The van der Waals surface area contributed by atoms with Gasteiger partial charge in [0.1, 0.15) is 6.04 Å². The summed E-state index contributed by atoms with van der Waals surface area (Å²) < 4.78 is 0. The van der Waals surface area contributed by atoms with Crippen LogP contribution in [0.25, 0.3) is 0 Å². The maximum atomic E-state index is 12.0. The number of Topliss-reactive ketones (excluding diaryl/α,β-unsaturated/α-hetero) is 1. The largest absolute Gasteiger partial charge is 0.344 e. The molecule has 1 atom stereocenters. The highest BCUT2D eigenvalue weighted by Crippen LogP contribution is 2.24. The van der Waals surface area contributed by atoms with Gasteiger partial charge in [0.25, 0.3) is 0 Å². The van der Waals surface area contributed by atoms with Gasteiger partial charge in [0, 0.05) is 24.1 Å². The Labute approximate surface area is 116 Å². The highest BCUT2D eigenvalue weighted by atomic mass is 16.2. The van der Waals surface area contributed by atoms with Crippen molar-refractivity contribution in [1.82, 2.24) is 5.32 Å². The van der Waals surface area contributed by atoms with E-state index in [4.69, 9.17) is 0 Å². The van der Waals surface area contributed by atoms with Crippen LogP contribution < -0.4 is 10.6 Å². The second kappa shape index (κ2) is 5.07. The van der Waals surface area contributed by atoms with Crippen molar-refractivity contribution in [2.45, 2.75) is 38.1 Å². The highest BCUT2D eigenvalue weighted by molar-refractivity contribution is 6.02. The number of amides is 2. The number of carbonyl (C=O) groups excluding carboxylic acids is 3. The predicted octanol–water partition coefficient (Wildman–Crippen LogP) is 1.42. The van der Waals surface area contributed by atoms with Crippen molar-refractivity contribution in [2.24, 2.45) is 0 Å². The highest BCUT2D eigenvalue weighted by Gasteiger charge is 2.27. The Kier molecular flexibility index (Phi) is 3.26. The fourth-order valence-electron chi connectivity index (χ4n) is 2.75. The molecule has 0 radical (unpaired) electrons. The lowest BCUT2D eigenvalue weighted by Crippen LogP contribution is -2.37. The fourth-order valence-corrected chi connectivity index (χ4v) is 2.75. The molecule has 5 heteroatoms. The first kappa shape index (κ1) is 12.8. The van der Waals surface area contributed by atoms with Gasteiger partial charge in [-0.2, -0.15) is 0 Å². The number of aryl methyl sites for hydroxylation is 1. The van der Waals surface area contributed by atoms with E-state index in [1.165, 1.54) is 0 Å². The Morgan fingerprint density at radius 2 is 2.05 bits per heavy atom. The molecule has 0 spiro atoms. The lowest BCUT2D eigenvalue weighted by molar-refractivity contribution is -0.122. The molecule has 3 rings (SSSR count). The first-order valence-corrected chi connectivity index (χ1v) is 6.90. The van der Waals surface area contributed by atoms with Gasteiger partial charge in [0.15, 0.2) is 5.78 Å². The van der Waals surface area contributed by atoms with E-state index in [-0.39, 0.29) is 17.6 Å². The molecule has 1 aliphatic carbocycles. The third kappa shape index (κ3) is 2.43. The van der Waals surface area contributed by atoms with Crippen LogP contribution in [-0.4, -0.2) is 23.6 Å².